The predicted molar refractivity (Wildman–Crippen MR) is 231 cm³/mol. The third kappa shape index (κ3) is 4.55. The predicted octanol–water partition coefficient (Wildman–Crippen LogP) is 3.85. The second-order valence-electron chi connectivity index (χ2n) is 13.8. The van der Waals surface area contributed by atoms with Gasteiger partial charge in [-0.25, -0.2) is 0 Å². The molecule has 230 valence electrons. The Bertz CT molecular complexity index is 2720. The summed E-state index contributed by atoms with van der Waals surface area (Å²) in [7, 11) is 11.4. The van der Waals surface area contributed by atoms with Gasteiger partial charge in [0.2, 0.25) is 0 Å². The van der Waals surface area contributed by atoms with Gasteiger partial charge in [0.05, 0.1) is 0 Å². The molecule has 0 bridgehead atoms. The Labute approximate surface area is 297 Å². The second kappa shape index (κ2) is 11.8. The number of furan rings is 1. The van der Waals surface area contributed by atoms with E-state index in [2.05, 4.69) is 179 Å². The highest BCUT2D eigenvalue weighted by atomic mass is 16.3. The lowest BCUT2D eigenvalue weighted by Crippen LogP contribution is -2.55. The van der Waals surface area contributed by atoms with Gasteiger partial charge in [0.25, 0.3) is 0 Å². The van der Waals surface area contributed by atoms with E-state index >= 15 is 0 Å². The first-order chi connectivity index (χ1) is 24.4. The van der Waals surface area contributed by atoms with Crippen molar-refractivity contribution in [3.05, 3.63) is 140 Å². The van der Waals surface area contributed by atoms with Crippen LogP contribution in [0.4, 0.5) is 0 Å². The lowest BCUT2D eigenvalue weighted by molar-refractivity contribution is 0.670. The molecule has 0 N–H and O–H groups in total. The smallest absolute Gasteiger partial charge is 0.143 e. The zero-order valence-electron chi connectivity index (χ0n) is 29.2. The largest absolute Gasteiger partial charge is 0.455 e. The van der Waals surface area contributed by atoms with Crippen molar-refractivity contribution in [1.29, 1.82) is 0 Å². The molecule has 0 saturated heterocycles. The molecule has 8 aromatic carbocycles. The van der Waals surface area contributed by atoms with Crippen LogP contribution in [-0.4, -0.2) is 39.2 Å². The highest BCUT2D eigenvalue weighted by Crippen LogP contribution is 2.46. The van der Waals surface area contributed by atoms with E-state index in [-0.39, 0.29) is 0 Å². The van der Waals surface area contributed by atoms with Crippen LogP contribution < -0.4 is 27.3 Å². The first-order valence-electron chi connectivity index (χ1n) is 17.5. The van der Waals surface area contributed by atoms with Crippen molar-refractivity contribution >= 4 is 110 Å². The quantitative estimate of drug-likeness (QED) is 0.213. The number of benzene rings is 8. The summed E-state index contributed by atoms with van der Waals surface area (Å²) in [4.78, 5) is 0. The maximum Gasteiger partial charge on any atom is 0.143 e. The van der Waals surface area contributed by atoms with Gasteiger partial charge in [0, 0.05) is 16.3 Å². The number of hydrogen-bond acceptors (Lipinski definition) is 1. The van der Waals surface area contributed by atoms with Crippen LogP contribution >= 0.6 is 0 Å². The van der Waals surface area contributed by atoms with E-state index in [1.807, 2.05) is 0 Å². The van der Waals surface area contributed by atoms with Gasteiger partial charge >= 0.3 is 0 Å². The average molecular weight is 632 g/mol. The molecule has 0 fully saturated rings. The van der Waals surface area contributed by atoms with Crippen molar-refractivity contribution in [3.63, 3.8) is 0 Å². The highest BCUT2D eigenvalue weighted by molar-refractivity contribution is 6.69. The lowest BCUT2D eigenvalue weighted by atomic mass is 9.59. The molecule has 0 radical (unpaired) electrons. The summed E-state index contributed by atoms with van der Waals surface area (Å²) in [6.45, 7) is 0. The summed E-state index contributed by atoms with van der Waals surface area (Å²) in [5, 5.41) is 7.36. The molecule has 0 spiro atoms. The molecule has 0 unspecified atom stereocenters. The summed E-state index contributed by atoms with van der Waals surface area (Å²) in [6.07, 6.45) is 0. The number of fused-ring (bicyclic) bond motifs is 5. The molecule has 0 aliphatic rings. The molecule has 0 amide bonds. The van der Waals surface area contributed by atoms with Gasteiger partial charge in [0.1, 0.15) is 50.4 Å². The summed E-state index contributed by atoms with van der Waals surface area (Å²) in [6, 6.07) is 50.5. The third-order valence-corrected chi connectivity index (χ3v) is 11.3. The normalized spacial score (nSPS) is 11.6. The average Bonchev–Trinajstić information content (AvgIpc) is 3.55. The summed E-state index contributed by atoms with van der Waals surface area (Å²) >= 11 is 0. The molecular weight excluding hydrogens is 599 g/mol. The first-order valence-corrected chi connectivity index (χ1v) is 17.5. The minimum Gasteiger partial charge on any atom is -0.455 e. The summed E-state index contributed by atoms with van der Waals surface area (Å²) in [5.74, 6) is 0. The Hall–Kier alpha value is -5.60. The van der Waals surface area contributed by atoms with Crippen LogP contribution in [0, 0.1) is 0 Å². The van der Waals surface area contributed by atoms with Crippen molar-refractivity contribution in [3.8, 4) is 44.5 Å². The third-order valence-electron chi connectivity index (χ3n) is 11.3. The first kappa shape index (κ1) is 30.5. The number of hydrogen-bond donors (Lipinski definition) is 0. The molecule has 9 aromatic rings. The second-order valence-corrected chi connectivity index (χ2v) is 13.8. The van der Waals surface area contributed by atoms with Gasteiger partial charge in [-0.15, -0.1) is 16.4 Å². The van der Waals surface area contributed by atoms with Crippen LogP contribution in [0.5, 0.6) is 0 Å². The van der Waals surface area contributed by atoms with Crippen LogP contribution in [0.25, 0.3) is 88.0 Å². The topological polar surface area (TPSA) is 13.1 Å². The van der Waals surface area contributed by atoms with E-state index in [9.17, 15) is 0 Å². The molecule has 0 aliphatic carbocycles. The van der Waals surface area contributed by atoms with Crippen molar-refractivity contribution in [2.75, 3.05) is 0 Å². The van der Waals surface area contributed by atoms with Gasteiger partial charge in [-0.2, -0.15) is 0 Å². The Balaban J connectivity index is 1.39. The van der Waals surface area contributed by atoms with Crippen molar-refractivity contribution < 1.29 is 4.42 Å². The van der Waals surface area contributed by atoms with Crippen LogP contribution in [0.1, 0.15) is 0 Å². The zero-order chi connectivity index (χ0) is 34.1. The van der Waals surface area contributed by atoms with Crippen molar-refractivity contribution in [1.82, 2.24) is 0 Å². The molecule has 0 saturated carbocycles. The Kier molecular flexibility index (Phi) is 7.18. The molecule has 0 aliphatic heterocycles. The van der Waals surface area contributed by atoms with E-state index < -0.39 is 0 Å². The summed E-state index contributed by atoms with van der Waals surface area (Å²) < 4.78 is 6.80. The molecule has 1 aromatic heterocycles. The standard InChI is InChI=1S/C44H33B5O/c45-39-38(40(46)42(48)43(49)41(39)47)36-31-17-9-7-15-29(31)35(30-16-8-10-18-32(30)36)26-19-22-34-33(23-26)37-27(24-11-3-1-4-12-24)20-21-28(44(37)50-34)25-13-5-2-6-14-25/h1-23H,45-49H2. The molecule has 1 nitrogen and oxygen atoms in total. The van der Waals surface area contributed by atoms with Crippen LogP contribution in [0.3, 0.4) is 0 Å². The minimum atomic E-state index is 0.895. The fourth-order valence-electron chi connectivity index (χ4n) is 8.32. The van der Waals surface area contributed by atoms with Gasteiger partial charge in [-0.3, -0.25) is 0 Å². The van der Waals surface area contributed by atoms with Gasteiger partial charge in [-0.1, -0.05) is 132 Å². The zero-order valence-corrected chi connectivity index (χ0v) is 29.2. The van der Waals surface area contributed by atoms with E-state index in [4.69, 9.17) is 4.42 Å². The highest BCUT2D eigenvalue weighted by Gasteiger charge is 2.22. The van der Waals surface area contributed by atoms with E-state index in [0.717, 1.165) is 33.1 Å². The molecule has 50 heavy (non-hydrogen) atoms. The maximum atomic E-state index is 6.80. The van der Waals surface area contributed by atoms with E-state index in [1.54, 1.807) is 0 Å². The van der Waals surface area contributed by atoms with Gasteiger partial charge in [-0.05, 0) is 78.7 Å². The molecule has 6 heteroatoms. The molecule has 1 heterocycles. The maximum absolute atomic E-state index is 6.80. The van der Waals surface area contributed by atoms with Crippen molar-refractivity contribution in [2.45, 2.75) is 0 Å². The van der Waals surface area contributed by atoms with E-state index in [0.29, 0.717) is 0 Å². The van der Waals surface area contributed by atoms with E-state index in [1.165, 1.54) is 82.2 Å². The molecule has 9 rings (SSSR count). The Morgan fingerprint density at radius 1 is 0.340 bits per heavy atom. The van der Waals surface area contributed by atoms with Gasteiger partial charge in [0.15, 0.2) is 0 Å². The molecular formula is C44H33B5O. The minimum absolute atomic E-state index is 0.895. The SMILES string of the molecule is Bc1c(B)c(B)c(-c2c3ccccc3c(-c3ccc4oc5c(-c6ccccc6)ccc(-c6ccccc6)c5c4c3)c3ccccc23)c(B)c1B. The summed E-state index contributed by atoms with van der Waals surface area (Å²) in [5.41, 5.74) is 18.4. The van der Waals surface area contributed by atoms with Gasteiger partial charge < -0.3 is 4.42 Å². The Morgan fingerprint density at radius 3 is 1.36 bits per heavy atom. The van der Waals surface area contributed by atoms with Crippen LogP contribution in [-0.2, 0) is 0 Å². The van der Waals surface area contributed by atoms with Crippen LogP contribution in [0.2, 0.25) is 0 Å². The lowest BCUT2D eigenvalue weighted by Gasteiger charge is -2.24. The fraction of sp³-hybridized carbons (Fsp3) is 0. The fourth-order valence-corrected chi connectivity index (χ4v) is 8.32. The Morgan fingerprint density at radius 2 is 0.800 bits per heavy atom. The molecule has 0 atom stereocenters. The van der Waals surface area contributed by atoms with Crippen molar-refractivity contribution in [2.24, 2.45) is 0 Å². The monoisotopic (exact) mass is 632 g/mol. The number of rotatable bonds is 4. The van der Waals surface area contributed by atoms with Crippen LogP contribution in [0.15, 0.2) is 144 Å².